The molecule has 1 aromatic rings. The summed E-state index contributed by atoms with van der Waals surface area (Å²) in [6, 6.07) is 8.17. The lowest BCUT2D eigenvalue weighted by atomic mass is 9.97. The molecule has 0 amide bonds. The fourth-order valence-electron chi connectivity index (χ4n) is 2.10. The third-order valence-corrected chi connectivity index (χ3v) is 3.49. The van der Waals surface area contributed by atoms with E-state index in [0.717, 1.165) is 36.6 Å². The van der Waals surface area contributed by atoms with Crippen molar-refractivity contribution in [1.82, 2.24) is 5.32 Å². The predicted molar refractivity (Wildman–Crippen MR) is 82.5 cm³/mol. The SMILES string of the molecule is C=C1NC(c2ccc(OCCCOC)cc2)=CCC1C. The number of rotatable bonds is 6. The Bertz CT molecular complexity index is 476. The van der Waals surface area contributed by atoms with Crippen LogP contribution in [0.4, 0.5) is 0 Å². The molecule has 1 atom stereocenters. The summed E-state index contributed by atoms with van der Waals surface area (Å²) in [5.41, 5.74) is 3.39. The van der Waals surface area contributed by atoms with Gasteiger partial charge in [-0.1, -0.05) is 19.6 Å². The van der Waals surface area contributed by atoms with Gasteiger partial charge in [0.2, 0.25) is 0 Å². The molecule has 0 aromatic heterocycles. The van der Waals surface area contributed by atoms with Gasteiger partial charge in [-0.05, 0) is 42.2 Å². The second-order valence-corrected chi connectivity index (χ2v) is 5.12. The van der Waals surface area contributed by atoms with Gasteiger partial charge in [0.05, 0.1) is 6.61 Å². The Morgan fingerprint density at radius 1 is 1.25 bits per heavy atom. The highest BCUT2D eigenvalue weighted by atomic mass is 16.5. The number of allylic oxidation sites excluding steroid dienone is 2. The van der Waals surface area contributed by atoms with E-state index < -0.39 is 0 Å². The molecule has 0 saturated carbocycles. The van der Waals surface area contributed by atoms with Gasteiger partial charge in [0, 0.05) is 31.5 Å². The monoisotopic (exact) mass is 273 g/mol. The molecule has 3 nitrogen and oxygen atoms in total. The van der Waals surface area contributed by atoms with E-state index in [1.54, 1.807) is 7.11 Å². The number of hydrogen-bond donors (Lipinski definition) is 1. The summed E-state index contributed by atoms with van der Waals surface area (Å²) in [5, 5.41) is 3.37. The quantitative estimate of drug-likeness (QED) is 0.804. The third kappa shape index (κ3) is 3.87. The first kappa shape index (κ1) is 14.7. The molecule has 0 saturated heterocycles. The van der Waals surface area contributed by atoms with Gasteiger partial charge in [0.15, 0.2) is 0 Å². The van der Waals surface area contributed by atoms with E-state index in [4.69, 9.17) is 9.47 Å². The van der Waals surface area contributed by atoms with Gasteiger partial charge < -0.3 is 14.8 Å². The van der Waals surface area contributed by atoms with Crippen molar-refractivity contribution >= 4 is 5.70 Å². The van der Waals surface area contributed by atoms with E-state index in [2.05, 4.69) is 37.0 Å². The van der Waals surface area contributed by atoms with Crippen molar-refractivity contribution in [3.05, 3.63) is 48.2 Å². The topological polar surface area (TPSA) is 30.5 Å². The molecule has 1 aromatic carbocycles. The van der Waals surface area contributed by atoms with Gasteiger partial charge >= 0.3 is 0 Å². The standard InChI is InChI=1S/C17H23NO2/c1-13-5-10-17(18-14(13)2)15-6-8-16(9-7-15)20-12-4-11-19-3/h6-10,13,18H,2,4-5,11-12H2,1,3H3. The van der Waals surface area contributed by atoms with E-state index in [0.29, 0.717) is 12.5 Å². The average molecular weight is 273 g/mol. The summed E-state index contributed by atoms with van der Waals surface area (Å²) in [4.78, 5) is 0. The van der Waals surface area contributed by atoms with Gasteiger partial charge in [-0.3, -0.25) is 0 Å². The van der Waals surface area contributed by atoms with Crippen LogP contribution in [-0.2, 0) is 4.74 Å². The normalized spacial score (nSPS) is 18.4. The first-order valence-electron chi connectivity index (χ1n) is 7.09. The first-order chi connectivity index (χ1) is 9.70. The molecular formula is C17H23NO2. The number of benzene rings is 1. The van der Waals surface area contributed by atoms with Gasteiger partial charge in [-0.2, -0.15) is 0 Å². The lowest BCUT2D eigenvalue weighted by Crippen LogP contribution is -2.20. The Morgan fingerprint density at radius 3 is 2.65 bits per heavy atom. The van der Waals surface area contributed by atoms with Crippen molar-refractivity contribution < 1.29 is 9.47 Å². The summed E-state index contributed by atoms with van der Waals surface area (Å²) < 4.78 is 10.6. The molecule has 1 unspecified atom stereocenters. The van der Waals surface area contributed by atoms with Crippen molar-refractivity contribution in [2.45, 2.75) is 19.8 Å². The Hall–Kier alpha value is -1.74. The van der Waals surface area contributed by atoms with Crippen LogP contribution in [0.25, 0.3) is 5.70 Å². The highest BCUT2D eigenvalue weighted by molar-refractivity contribution is 5.67. The van der Waals surface area contributed by atoms with Crippen molar-refractivity contribution in [2.24, 2.45) is 5.92 Å². The highest BCUT2D eigenvalue weighted by Gasteiger charge is 2.14. The summed E-state index contributed by atoms with van der Waals surface area (Å²) >= 11 is 0. The van der Waals surface area contributed by atoms with E-state index in [1.165, 1.54) is 5.56 Å². The number of nitrogens with one attached hydrogen (secondary N) is 1. The van der Waals surface area contributed by atoms with Crippen LogP contribution in [0.2, 0.25) is 0 Å². The van der Waals surface area contributed by atoms with Crippen LogP contribution < -0.4 is 10.1 Å². The summed E-state index contributed by atoms with van der Waals surface area (Å²) in [6.45, 7) is 7.65. The zero-order valence-corrected chi connectivity index (χ0v) is 12.3. The molecule has 0 aliphatic carbocycles. The summed E-state index contributed by atoms with van der Waals surface area (Å²) in [5.74, 6) is 1.40. The molecule has 3 heteroatoms. The van der Waals surface area contributed by atoms with Gasteiger partial charge in [-0.25, -0.2) is 0 Å². The van der Waals surface area contributed by atoms with Crippen LogP contribution in [0.3, 0.4) is 0 Å². The van der Waals surface area contributed by atoms with E-state index in [9.17, 15) is 0 Å². The molecular weight excluding hydrogens is 250 g/mol. The Labute approximate surface area is 121 Å². The van der Waals surface area contributed by atoms with Crippen molar-refractivity contribution in [2.75, 3.05) is 20.3 Å². The van der Waals surface area contributed by atoms with E-state index in [1.807, 2.05) is 12.1 Å². The van der Waals surface area contributed by atoms with Gasteiger partial charge in [0.1, 0.15) is 5.75 Å². The van der Waals surface area contributed by atoms with Crippen molar-refractivity contribution in [3.63, 3.8) is 0 Å². The van der Waals surface area contributed by atoms with E-state index >= 15 is 0 Å². The summed E-state index contributed by atoms with van der Waals surface area (Å²) in [6.07, 6.45) is 4.17. The van der Waals surface area contributed by atoms with Gasteiger partial charge in [0.25, 0.3) is 0 Å². The minimum atomic E-state index is 0.502. The Kier molecular flexibility index (Phi) is 5.24. The summed E-state index contributed by atoms with van der Waals surface area (Å²) in [7, 11) is 1.70. The number of hydrogen-bond acceptors (Lipinski definition) is 3. The minimum absolute atomic E-state index is 0.502. The second kappa shape index (κ2) is 7.15. The van der Waals surface area contributed by atoms with Crippen LogP contribution in [0.5, 0.6) is 5.75 Å². The lowest BCUT2D eigenvalue weighted by Gasteiger charge is -2.23. The van der Waals surface area contributed by atoms with Crippen LogP contribution in [0.1, 0.15) is 25.3 Å². The number of methoxy groups -OCH3 is 1. The van der Waals surface area contributed by atoms with E-state index in [-0.39, 0.29) is 0 Å². The van der Waals surface area contributed by atoms with Crippen molar-refractivity contribution in [1.29, 1.82) is 0 Å². The first-order valence-corrected chi connectivity index (χ1v) is 7.09. The maximum Gasteiger partial charge on any atom is 0.119 e. The molecule has 20 heavy (non-hydrogen) atoms. The van der Waals surface area contributed by atoms with Crippen LogP contribution in [-0.4, -0.2) is 20.3 Å². The maximum absolute atomic E-state index is 5.65. The average Bonchev–Trinajstić information content (AvgIpc) is 2.47. The molecule has 0 radical (unpaired) electrons. The highest BCUT2D eigenvalue weighted by Crippen LogP contribution is 2.25. The lowest BCUT2D eigenvalue weighted by molar-refractivity contribution is 0.172. The largest absolute Gasteiger partial charge is 0.494 e. The maximum atomic E-state index is 5.65. The fraction of sp³-hybridized carbons (Fsp3) is 0.412. The molecule has 1 N–H and O–H groups in total. The van der Waals surface area contributed by atoms with Gasteiger partial charge in [-0.15, -0.1) is 0 Å². The Morgan fingerprint density at radius 2 is 2.00 bits per heavy atom. The smallest absolute Gasteiger partial charge is 0.119 e. The minimum Gasteiger partial charge on any atom is -0.494 e. The predicted octanol–water partition coefficient (Wildman–Crippen LogP) is 3.59. The molecule has 0 bridgehead atoms. The molecule has 108 valence electrons. The molecule has 1 heterocycles. The molecule has 1 aliphatic rings. The van der Waals surface area contributed by atoms with Crippen molar-refractivity contribution in [3.8, 4) is 5.75 Å². The number of ether oxygens (including phenoxy) is 2. The molecule has 1 aliphatic heterocycles. The fourth-order valence-corrected chi connectivity index (χ4v) is 2.10. The molecule has 2 rings (SSSR count). The third-order valence-electron chi connectivity index (χ3n) is 3.49. The molecule has 0 fully saturated rings. The zero-order valence-electron chi connectivity index (χ0n) is 12.3. The van der Waals surface area contributed by atoms with Crippen LogP contribution in [0, 0.1) is 5.92 Å². The molecule has 0 spiro atoms. The zero-order chi connectivity index (χ0) is 14.4. The van der Waals surface area contributed by atoms with Crippen LogP contribution >= 0.6 is 0 Å². The second-order valence-electron chi connectivity index (χ2n) is 5.12. The van der Waals surface area contributed by atoms with Crippen LogP contribution in [0.15, 0.2) is 42.6 Å². The Balaban J connectivity index is 1.93.